The molecule has 0 radical (unpaired) electrons. The van der Waals surface area contributed by atoms with Gasteiger partial charge in [-0.15, -0.1) is 0 Å². The van der Waals surface area contributed by atoms with Crippen LogP contribution < -0.4 is 5.32 Å². The van der Waals surface area contributed by atoms with Crippen molar-refractivity contribution in [2.75, 3.05) is 11.5 Å². The molecule has 1 aliphatic carbocycles. The van der Waals surface area contributed by atoms with Gasteiger partial charge >= 0.3 is 0 Å². The predicted octanol–water partition coefficient (Wildman–Crippen LogP) is 3.69. The van der Waals surface area contributed by atoms with E-state index in [0.717, 1.165) is 23.9 Å². The molecule has 0 aromatic rings. The van der Waals surface area contributed by atoms with E-state index >= 15 is 0 Å². The van der Waals surface area contributed by atoms with Gasteiger partial charge < -0.3 is 5.32 Å². The smallest absolute Gasteiger partial charge is 0.0161 e. The summed E-state index contributed by atoms with van der Waals surface area (Å²) in [5.41, 5.74) is 0. The summed E-state index contributed by atoms with van der Waals surface area (Å²) in [6, 6.07) is 1.54. The highest BCUT2D eigenvalue weighted by Gasteiger charge is 2.25. The minimum absolute atomic E-state index is 0.742. The monoisotopic (exact) mass is 241 g/mol. The highest BCUT2D eigenvalue weighted by Crippen LogP contribution is 2.31. The number of rotatable bonds is 3. The molecule has 0 amide bonds. The van der Waals surface area contributed by atoms with E-state index in [4.69, 9.17) is 0 Å². The van der Waals surface area contributed by atoms with Gasteiger partial charge in [0, 0.05) is 17.8 Å². The fraction of sp³-hybridized carbons (Fsp3) is 1.00. The third kappa shape index (κ3) is 3.66. The van der Waals surface area contributed by atoms with Crippen molar-refractivity contribution in [3.05, 3.63) is 0 Å². The zero-order valence-corrected chi connectivity index (χ0v) is 11.7. The Labute approximate surface area is 105 Å². The normalized spacial score (nSPS) is 38.2. The van der Waals surface area contributed by atoms with Gasteiger partial charge in [0.25, 0.3) is 0 Å². The molecule has 1 aliphatic heterocycles. The summed E-state index contributed by atoms with van der Waals surface area (Å²) >= 11 is 2.13. The van der Waals surface area contributed by atoms with Crippen LogP contribution in [0.25, 0.3) is 0 Å². The van der Waals surface area contributed by atoms with Crippen LogP contribution in [0.4, 0.5) is 0 Å². The summed E-state index contributed by atoms with van der Waals surface area (Å²) in [6.45, 7) is 4.84. The van der Waals surface area contributed by atoms with Crippen molar-refractivity contribution in [3.63, 3.8) is 0 Å². The molecule has 1 nitrogen and oxygen atoms in total. The lowest BCUT2D eigenvalue weighted by Crippen LogP contribution is -2.44. The van der Waals surface area contributed by atoms with E-state index in [9.17, 15) is 0 Å². The maximum absolute atomic E-state index is 3.89. The lowest BCUT2D eigenvalue weighted by molar-refractivity contribution is 0.221. The van der Waals surface area contributed by atoms with Gasteiger partial charge in [-0.3, -0.25) is 0 Å². The Kier molecular flexibility index (Phi) is 5.02. The van der Waals surface area contributed by atoms with E-state index in [1.165, 1.54) is 50.0 Å². The van der Waals surface area contributed by atoms with Crippen molar-refractivity contribution < 1.29 is 0 Å². The van der Waals surface area contributed by atoms with Crippen molar-refractivity contribution >= 4 is 11.8 Å². The summed E-state index contributed by atoms with van der Waals surface area (Å²) in [5.74, 6) is 4.62. The van der Waals surface area contributed by atoms with Crippen LogP contribution in [0.1, 0.15) is 52.4 Å². The van der Waals surface area contributed by atoms with Crippen molar-refractivity contribution in [1.82, 2.24) is 5.32 Å². The average Bonchev–Trinajstić information content (AvgIpc) is 2.30. The fourth-order valence-corrected chi connectivity index (χ4v) is 4.40. The minimum Gasteiger partial charge on any atom is -0.310 e. The predicted molar refractivity (Wildman–Crippen MR) is 74.1 cm³/mol. The van der Waals surface area contributed by atoms with Crippen LogP contribution in [-0.2, 0) is 0 Å². The zero-order valence-electron chi connectivity index (χ0n) is 10.9. The molecular formula is C14H27NS. The average molecular weight is 241 g/mol. The summed E-state index contributed by atoms with van der Waals surface area (Å²) in [6.07, 6.45) is 8.64. The second kappa shape index (κ2) is 6.30. The first-order chi connectivity index (χ1) is 7.75. The maximum Gasteiger partial charge on any atom is 0.0161 e. The van der Waals surface area contributed by atoms with Gasteiger partial charge in [0.05, 0.1) is 0 Å². The molecule has 1 saturated heterocycles. The molecule has 16 heavy (non-hydrogen) atoms. The van der Waals surface area contributed by atoms with Gasteiger partial charge in [-0.2, -0.15) is 11.8 Å². The zero-order chi connectivity index (χ0) is 11.4. The summed E-state index contributed by atoms with van der Waals surface area (Å²) in [4.78, 5) is 0. The van der Waals surface area contributed by atoms with Crippen molar-refractivity contribution in [2.24, 2.45) is 11.8 Å². The first-order valence-electron chi connectivity index (χ1n) is 7.09. The van der Waals surface area contributed by atoms with Crippen molar-refractivity contribution in [2.45, 2.75) is 64.5 Å². The molecule has 2 fully saturated rings. The van der Waals surface area contributed by atoms with Crippen LogP contribution in [0.15, 0.2) is 0 Å². The topological polar surface area (TPSA) is 12.0 Å². The number of thioether (sulfide) groups is 1. The Hall–Kier alpha value is 0.310. The van der Waals surface area contributed by atoms with E-state index in [1.54, 1.807) is 0 Å². The second-order valence-electron chi connectivity index (χ2n) is 5.90. The minimum atomic E-state index is 0.742. The van der Waals surface area contributed by atoms with Gasteiger partial charge in [0.1, 0.15) is 0 Å². The second-order valence-corrected chi connectivity index (χ2v) is 7.05. The van der Waals surface area contributed by atoms with E-state index in [0.29, 0.717) is 0 Å². The Morgan fingerprint density at radius 2 is 2.06 bits per heavy atom. The Bertz CT molecular complexity index is 201. The summed E-state index contributed by atoms with van der Waals surface area (Å²) in [5, 5.41) is 3.89. The molecule has 0 spiro atoms. The molecule has 0 aromatic heterocycles. The maximum atomic E-state index is 3.89. The van der Waals surface area contributed by atoms with E-state index < -0.39 is 0 Å². The van der Waals surface area contributed by atoms with E-state index in [1.807, 2.05) is 0 Å². The lowest BCUT2D eigenvalue weighted by Gasteiger charge is -2.35. The molecule has 94 valence electrons. The van der Waals surface area contributed by atoms with Gasteiger partial charge in [0.15, 0.2) is 0 Å². The lowest BCUT2D eigenvalue weighted by atomic mass is 9.79. The van der Waals surface area contributed by atoms with Crippen LogP contribution in [0, 0.1) is 11.8 Å². The Balaban J connectivity index is 1.75. The molecule has 1 heterocycles. The SMILES string of the molecule is CC1CCCC(C(C)NC2CCCSC2)C1. The van der Waals surface area contributed by atoms with E-state index in [-0.39, 0.29) is 0 Å². The van der Waals surface area contributed by atoms with Crippen LogP contribution in [-0.4, -0.2) is 23.6 Å². The highest BCUT2D eigenvalue weighted by atomic mass is 32.2. The number of nitrogens with one attached hydrogen (secondary N) is 1. The molecule has 0 aromatic carbocycles. The largest absolute Gasteiger partial charge is 0.310 e. The molecule has 1 N–H and O–H groups in total. The molecule has 2 rings (SSSR count). The number of hydrogen-bond acceptors (Lipinski definition) is 2. The Morgan fingerprint density at radius 3 is 2.75 bits per heavy atom. The van der Waals surface area contributed by atoms with Gasteiger partial charge in [0.2, 0.25) is 0 Å². The molecule has 1 saturated carbocycles. The molecular weight excluding hydrogens is 214 g/mol. The third-order valence-corrected chi connectivity index (χ3v) is 5.56. The molecule has 2 aliphatic rings. The molecule has 4 atom stereocenters. The standard InChI is InChI=1S/C14H27NS/c1-11-5-3-6-13(9-11)12(2)15-14-7-4-8-16-10-14/h11-15H,3-10H2,1-2H3. The van der Waals surface area contributed by atoms with Crippen molar-refractivity contribution in [3.8, 4) is 0 Å². The van der Waals surface area contributed by atoms with Crippen LogP contribution in [0.2, 0.25) is 0 Å². The Morgan fingerprint density at radius 1 is 1.19 bits per heavy atom. The number of hydrogen-bond donors (Lipinski definition) is 1. The van der Waals surface area contributed by atoms with Gasteiger partial charge in [-0.25, -0.2) is 0 Å². The van der Waals surface area contributed by atoms with Crippen LogP contribution >= 0.6 is 11.8 Å². The fourth-order valence-electron chi connectivity index (χ4n) is 3.32. The summed E-state index contributed by atoms with van der Waals surface area (Å²) < 4.78 is 0. The van der Waals surface area contributed by atoms with Gasteiger partial charge in [-0.1, -0.05) is 19.8 Å². The van der Waals surface area contributed by atoms with Crippen LogP contribution in [0.5, 0.6) is 0 Å². The summed E-state index contributed by atoms with van der Waals surface area (Å²) in [7, 11) is 0. The van der Waals surface area contributed by atoms with E-state index in [2.05, 4.69) is 30.9 Å². The molecule has 4 unspecified atom stereocenters. The quantitative estimate of drug-likeness (QED) is 0.809. The molecule has 0 bridgehead atoms. The third-order valence-electron chi connectivity index (χ3n) is 4.34. The first-order valence-corrected chi connectivity index (χ1v) is 8.25. The van der Waals surface area contributed by atoms with Gasteiger partial charge in [-0.05, 0) is 50.2 Å². The first kappa shape index (κ1) is 12.8. The highest BCUT2D eigenvalue weighted by molar-refractivity contribution is 7.99. The molecule has 2 heteroatoms. The van der Waals surface area contributed by atoms with Crippen LogP contribution in [0.3, 0.4) is 0 Å². The van der Waals surface area contributed by atoms with Crippen molar-refractivity contribution in [1.29, 1.82) is 0 Å².